The molecule has 0 saturated carbocycles. The first-order valence-electron chi connectivity index (χ1n) is 6.04. The van der Waals surface area contributed by atoms with Crippen LogP contribution in [0.15, 0.2) is 0 Å². The molecule has 1 unspecified atom stereocenters. The third-order valence-electron chi connectivity index (χ3n) is 2.80. The number of hydrogen-bond acceptors (Lipinski definition) is 4. The van der Waals surface area contributed by atoms with Gasteiger partial charge in [-0.15, -0.1) is 0 Å². The van der Waals surface area contributed by atoms with E-state index >= 15 is 0 Å². The maximum absolute atomic E-state index is 11.2. The topological polar surface area (TPSA) is 86.8 Å². The maximum Gasteiger partial charge on any atom is 0.328 e. The fraction of sp³-hybridized carbons (Fsp3) is 1.00. The number of nitrogens with two attached hydrogens (primary N) is 1. The van der Waals surface area contributed by atoms with Gasteiger partial charge in [-0.3, -0.25) is 4.57 Å². The van der Waals surface area contributed by atoms with E-state index < -0.39 is 13.3 Å². The van der Waals surface area contributed by atoms with Gasteiger partial charge in [0.05, 0.1) is 5.66 Å². The molecule has 0 bridgehead atoms. The zero-order chi connectivity index (χ0) is 13.3. The van der Waals surface area contributed by atoms with E-state index in [1.165, 1.54) is 0 Å². The smallest absolute Gasteiger partial charge is 0.328 e. The Morgan fingerprint density at radius 3 is 2.41 bits per heavy atom. The van der Waals surface area contributed by atoms with E-state index in [9.17, 15) is 4.57 Å². The molecule has 0 aliphatic heterocycles. The van der Waals surface area contributed by atoms with Gasteiger partial charge >= 0.3 is 7.60 Å². The Hall–Kier alpha value is 0.420. The van der Waals surface area contributed by atoms with Gasteiger partial charge in [0, 0.05) is 13.1 Å². The molecule has 0 saturated heterocycles. The second kappa shape index (κ2) is 9.36. The van der Waals surface area contributed by atoms with Crippen molar-refractivity contribution >= 4 is 20.2 Å². The molecule has 104 valence electrons. The van der Waals surface area contributed by atoms with Gasteiger partial charge < -0.3 is 20.4 Å². The molecule has 0 radical (unpaired) electrons. The molecule has 0 aliphatic rings. The van der Waals surface area contributed by atoms with Crippen LogP contribution in [-0.2, 0) is 4.57 Å². The van der Waals surface area contributed by atoms with E-state index in [0.29, 0.717) is 25.9 Å². The van der Waals surface area contributed by atoms with Crippen LogP contribution in [0, 0.1) is 0 Å². The van der Waals surface area contributed by atoms with Crippen molar-refractivity contribution in [2.75, 3.05) is 31.9 Å². The number of hydrogen-bond donors (Lipinski definition) is 4. The lowest BCUT2D eigenvalue weighted by Gasteiger charge is -2.24. The minimum absolute atomic E-state index is 0.507. The molecule has 5 nitrogen and oxygen atoms in total. The van der Waals surface area contributed by atoms with E-state index in [1.807, 2.05) is 6.92 Å². The van der Waals surface area contributed by atoms with E-state index in [4.69, 9.17) is 15.5 Å². The predicted molar refractivity (Wildman–Crippen MR) is 74.7 cm³/mol. The molecule has 0 heterocycles. The van der Waals surface area contributed by atoms with Crippen LogP contribution in [0.5, 0.6) is 0 Å². The summed E-state index contributed by atoms with van der Waals surface area (Å²) in [6, 6.07) is 0. The summed E-state index contributed by atoms with van der Waals surface area (Å²) in [6.45, 7) is 4.72. The molecule has 0 rings (SSSR count). The highest BCUT2D eigenvalue weighted by atomic mass is 32.1. The van der Waals surface area contributed by atoms with Gasteiger partial charge in [0.25, 0.3) is 0 Å². The number of rotatable bonds is 10. The molecule has 0 aromatic heterocycles. The highest BCUT2D eigenvalue weighted by Crippen LogP contribution is 2.44. The first-order chi connectivity index (χ1) is 7.95. The normalized spacial score (nSPS) is 14.2. The van der Waals surface area contributed by atoms with Gasteiger partial charge in [0.1, 0.15) is 0 Å². The lowest BCUT2D eigenvalue weighted by Crippen LogP contribution is -2.33. The summed E-state index contributed by atoms with van der Waals surface area (Å²) in [5.41, 5.74) is 4.98. The van der Waals surface area contributed by atoms with Crippen molar-refractivity contribution < 1.29 is 14.4 Å². The van der Waals surface area contributed by atoms with Crippen LogP contribution in [0.2, 0.25) is 0 Å². The van der Waals surface area contributed by atoms with Crippen LogP contribution in [0.3, 0.4) is 0 Å². The average molecular weight is 284 g/mol. The standard InChI is InChI=1S/C10H25N2O3PS/c1-2-10(16(13,14)15)4-7-12(8-5-11)6-3-9-17/h10,17H,2-9,11H2,1H3,(H2,13,14,15). The second-order valence-corrected chi connectivity index (χ2v) is 6.50. The third-order valence-corrected chi connectivity index (χ3v) is 4.69. The van der Waals surface area contributed by atoms with Crippen molar-refractivity contribution in [1.82, 2.24) is 4.90 Å². The molecular weight excluding hydrogens is 259 g/mol. The number of nitrogens with zero attached hydrogens (tertiary/aromatic N) is 1. The van der Waals surface area contributed by atoms with E-state index in [-0.39, 0.29) is 0 Å². The fourth-order valence-electron chi connectivity index (χ4n) is 1.75. The number of thiol groups is 1. The van der Waals surface area contributed by atoms with E-state index in [2.05, 4.69) is 17.5 Å². The Kier molecular flexibility index (Phi) is 9.59. The lowest BCUT2D eigenvalue weighted by molar-refractivity contribution is 0.269. The Balaban J connectivity index is 4.12. The van der Waals surface area contributed by atoms with Crippen LogP contribution < -0.4 is 5.73 Å². The molecular formula is C10H25N2O3PS. The predicted octanol–water partition coefficient (Wildman–Crippen LogP) is 0.913. The molecule has 17 heavy (non-hydrogen) atoms. The first-order valence-corrected chi connectivity index (χ1v) is 8.35. The Morgan fingerprint density at radius 2 is 2.00 bits per heavy atom. The zero-order valence-corrected chi connectivity index (χ0v) is 12.2. The maximum atomic E-state index is 11.2. The van der Waals surface area contributed by atoms with Crippen LogP contribution >= 0.6 is 20.2 Å². The summed E-state index contributed by atoms with van der Waals surface area (Å²) < 4.78 is 11.2. The van der Waals surface area contributed by atoms with Crippen molar-refractivity contribution in [2.24, 2.45) is 5.73 Å². The van der Waals surface area contributed by atoms with Crippen molar-refractivity contribution in [3.8, 4) is 0 Å². The highest BCUT2D eigenvalue weighted by Gasteiger charge is 2.26. The largest absolute Gasteiger partial charge is 0.329 e. The molecule has 0 spiro atoms. The van der Waals surface area contributed by atoms with Crippen molar-refractivity contribution in [1.29, 1.82) is 0 Å². The molecule has 0 aromatic carbocycles. The quantitative estimate of drug-likeness (QED) is 0.354. The highest BCUT2D eigenvalue weighted by molar-refractivity contribution is 7.80. The lowest BCUT2D eigenvalue weighted by atomic mass is 10.2. The molecule has 0 amide bonds. The monoisotopic (exact) mass is 284 g/mol. The minimum atomic E-state index is -3.95. The summed E-state index contributed by atoms with van der Waals surface area (Å²) in [6.07, 6.45) is 2.00. The minimum Gasteiger partial charge on any atom is -0.329 e. The zero-order valence-electron chi connectivity index (χ0n) is 10.5. The van der Waals surface area contributed by atoms with Gasteiger partial charge in [-0.25, -0.2) is 0 Å². The van der Waals surface area contributed by atoms with Gasteiger partial charge in [-0.1, -0.05) is 6.92 Å². The summed E-state index contributed by atoms with van der Waals surface area (Å²) in [5.74, 6) is 0.816. The molecule has 7 heteroatoms. The summed E-state index contributed by atoms with van der Waals surface area (Å²) in [5, 5.41) is 0. The van der Waals surface area contributed by atoms with Crippen molar-refractivity contribution in [2.45, 2.75) is 31.8 Å². The SMILES string of the molecule is CCC(CCN(CCN)CCCS)P(=O)(O)O. The Bertz CT molecular complexity index is 238. The second-order valence-electron chi connectivity index (χ2n) is 4.15. The van der Waals surface area contributed by atoms with Crippen molar-refractivity contribution in [3.63, 3.8) is 0 Å². The molecule has 0 aliphatic carbocycles. The third kappa shape index (κ3) is 8.19. The van der Waals surface area contributed by atoms with Crippen LogP contribution in [-0.4, -0.2) is 52.3 Å². The molecule has 1 atom stereocenters. The van der Waals surface area contributed by atoms with E-state index in [1.54, 1.807) is 0 Å². The molecule has 0 fully saturated rings. The summed E-state index contributed by atoms with van der Waals surface area (Å²) in [4.78, 5) is 20.5. The summed E-state index contributed by atoms with van der Waals surface area (Å²) >= 11 is 4.15. The fourth-order valence-corrected chi connectivity index (χ4v) is 2.82. The van der Waals surface area contributed by atoms with Gasteiger partial charge in [-0.05, 0) is 38.1 Å². The first kappa shape index (κ1) is 17.4. The van der Waals surface area contributed by atoms with Crippen LogP contribution in [0.25, 0.3) is 0 Å². The van der Waals surface area contributed by atoms with Gasteiger partial charge in [0.15, 0.2) is 0 Å². The Morgan fingerprint density at radius 1 is 1.35 bits per heavy atom. The molecule has 4 N–H and O–H groups in total. The summed E-state index contributed by atoms with van der Waals surface area (Å²) in [7, 11) is -3.95. The van der Waals surface area contributed by atoms with Gasteiger partial charge in [0.2, 0.25) is 0 Å². The van der Waals surface area contributed by atoms with Crippen LogP contribution in [0.4, 0.5) is 0 Å². The van der Waals surface area contributed by atoms with E-state index in [0.717, 1.165) is 25.3 Å². The Labute approximate surface area is 109 Å². The molecule has 0 aromatic rings. The van der Waals surface area contributed by atoms with Crippen molar-refractivity contribution in [3.05, 3.63) is 0 Å². The van der Waals surface area contributed by atoms with Crippen LogP contribution in [0.1, 0.15) is 26.2 Å². The van der Waals surface area contributed by atoms with Gasteiger partial charge in [-0.2, -0.15) is 12.6 Å². The average Bonchev–Trinajstić information content (AvgIpc) is 2.24.